The molecular weight excluding hydrogens is 214 g/mol. The molecule has 2 rings (SSSR count). The molecule has 0 fully saturated rings. The number of fused-ring (bicyclic) bond motifs is 1. The van der Waals surface area contributed by atoms with Gasteiger partial charge >= 0.3 is 0 Å². The second kappa shape index (κ2) is 4.78. The van der Waals surface area contributed by atoms with Crippen LogP contribution < -0.4 is 5.73 Å². The first-order valence-electron chi connectivity index (χ1n) is 5.43. The number of benzene rings is 2. The van der Waals surface area contributed by atoms with Crippen molar-refractivity contribution >= 4 is 23.0 Å². The van der Waals surface area contributed by atoms with Crippen LogP contribution in [-0.4, -0.2) is 12.2 Å². The van der Waals surface area contributed by atoms with Crippen molar-refractivity contribution < 1.29 is 9.59 Å². The summed E-state index contributed by atoms with van der Waals surface area (Å²) in [6.45, 7) is 0. The quantitative estimate of drug-likeness (QED) is 0.638. The lowest BCUT2D eigenvalue weighted by atomic mass is 9.95. The summed E-state index contributed by atoms with van der Waals surface area (Å²) in [7, 11) is 0. The molecule has 0 aliphatic heterocycles. The van der Waals surface area contributed by atoms with Crippen molar-refractivity contribution in [3.8, 4) is 0 Å². The largest absolute Gasteiger partial charge is 0.369 e. The molecule has 3 heteroatoms. The van der Waals surface area contributed by atoms with Gasteiger partial charge in [0, 0.05) is 0 Å². The standard InChI is InChI=1S/C14H13NO2/c15-14(17)12(9-16)8-11-6-3-5-10-4-1-2-7-13(10)11/h1-7,9,12H,8H2,(H2,15,17). The van der Waals surface area contributed by atoms with E-state index < -0.39 is 11.8 Å². The monoisotopic (exact) mass is 227 g/mol. The highest BCUT2D eigenvalue weighted by atomic mass is 16.2. The Hall–Kier alpha value is -2.16. The lowest BCUT2D eigenvalue weighted by Gasteiger charge is -2.09. The van der Waals surface area contributed by atoms with E-state index in [1.54, 1.807) is 0 Å². The van der Waals surface area contributed by atoms with Gasteiger partial charge < -0.3 is 10.5 Å². The molecule has 2 N–H and O–H groups in total. The molecule has 2 aromatic carbocycles. The molecule has 0 spiro atoms. The first-order valence-corrected chi connectivity index (χ1v) is 5.43. The Morgan fingerprint density at radius 2 is 1.88 bits per heavy atom. The van der Waals surface area contributed by atoms with Gasteiger partial charge in [-0.15, -0.1) is 0 Å². The van der Waals surface area contributed by atoms with Crippen molar-refractivity contribution in [1.82, 2.24) is 0 Å². The van der Waals surface area contributed by atoms with E-state index in [-0.39, 0.29) is 0 Å². The molecule has 0 aliphatic rings. The van der Waals surface area contributed by atoms with Gasteiger partial charge in [-0.05, 0) is 22.8 Å². The molecule has 0 bridgehead atoms. The first kappa shape index (κ1) is 11.3. The minimum Gasteiger partial charge on any atom is -0.369 e. The van der Waals surface area contributed by atoms with Gasteiger partial charge in [-0.2, -0.15) is 0 Å². The number of nitrogens with two attached hydrogens (primary N) is 1. The number of rotatable bonds is 4. The fourth-order valence-electron chi connectivity index (χ4n) is 1.92. The average molecular weight is 227 g/mol. The van der Waals surface area contributed by atoms with Gasteiger partial charge in [0.25, 0.3) is 0 Å². The summed E-state index contributed by atoms with van der Waals surface area (Å²) in [4.78, 5) is 21.8. The second-order valence-electron chi connectivity index (χ2n) is 3.99. The SMILES string of the molecule is NC(=O)C(C=O)Cc1cccc2ccccc12. The Morgan fingerprint density at radius 1 is 1.18 bits per heavy atom. The van der Waals surface area contributed by atoms with E-state index in [9.17, 15) is 9.59 Å². The number of amides is 1. The highest BCUT2D eigenvalue weighted by Crippen LogP contribution is 2.20. The van der Waals surface area contributed by atoms with Crippen molar-refractivity contribution in [2.24, 2.45) is 11.7 Å². The van der Waals surface area contributed by atoms with Crippen LogP contribution in [0.25, 0.3) is 10.8 Å². The highest BCUT2D eigenvalue weighted by molar-refractivity contribution is 5.92. The number of aldehydes is 1. The van der Waals surface area contributed by atoms with E-state index in [4.69, 9.17) is 5.73 Å². The summed E-state index contributed by atoms with van der Waals surface area (Å²) in [5.41, 5.74) is 6.14. The van der Waals surface area contributed by atoms with Gasteiger partial charge in [0.1, 0.15) is 6.29 Å². The number of hydrogen-bond acceptors (Lipinski definition) is 2. The summed E-state index contributed by atoms with van der Waals surface area (Å²) >= 11 is 0. The molecule has 1 unspecified atom stereocenters. The topological polar surface area (TPSA) is 60.2 Å². The third-order valence-corrected chi connectivity index (χ3v) is 2.85. The average Bonchev–Trinajstić information content (AvgIpc) is 2.35. The van der Waals surface area contributed by atoms with Crippen molar-refractivity contribution in [1.29, 1.82) is 0 Å². The van der Waals surface area contributed by atoms with Gasteiger partial charge in [0.2, 0.25) is 5.91 Å². The van der Waals surface area contributed by atoms with Crippen molar-refractivity contribution in [3.63, 3.8) is 0 Å². The molecule has 0 saturated heterocycles. The Balaban J connectivity index is 2.42. The van der Waals surface area contributed by atoms with Crippen LogP contribution in [0.4, 0.5) is 0 Å². The van der Waals surface area contributed by atoms with Gasteiger partial charge in [-0.1, -0.05) is 42.5 Å². The van der Waals surface area contributed by atoms with Crippen LogP contribution in [0.3, 0.4) is 0 Å². The summed E-state index contributed by atoms with van der Waals surface area (Å²) in [6.07, 6.45) is 0.976. The van der Waals surface area contributed by atoms with E-state index in [0.29, 0.717) is 12.7 Å². The number of primary amides is 1. The predicted molar refractivity (Wildman–Crippen MR) is 66.4 cm³/mol. The van der Waals surface area contributed by atoms with Crippen LogP contribution in [0.5, 0.6) is 0 Å². The lowest BCUT2D eigenvalue weighted by Crippen LogP contribution is -2.26. The third kappa shape index (κ3) is 2.33. The molecular formula is C14H13NO2. The van der Waals surface area contributed by atoms with Crippen LogP contribution >= 0.6 is 0 Å². The molecule has 3 nitrogen and oxygen atoms in total. The maximum atomic E-state index is 11.1. The number of carbonyl (C=O) groups is 2. The van der Waals surface area contributed by atoms with Crippen LogP contribution in [0.1, 0.15) is 5.56 Å². The van der Waals surface area contributed by atoms with Gasteiger partial charge in [-0.25, -0.2) is 0 Å². The molecule has 0 radical (unpaired) electrons. The Morgan fingerprint density at radius 3 is 2.59 bits per heavy atom. The smallest absolute Gasteiger partial charge is 0.228 e. The molecule has 17 heavy (non-hydrogen) atoms. The van der Waals surface area contributed by atoms with Crippen LogP contribution in [0.2, 0.25) is 0 Å². The van der Waals surface area contributed by atoms with Crippen LogP contribution in [0, 0.1) is 5.92 Å². The van der Waals surface area contributed by atoms with E-state index in [2.05, 4.69) is 0 Å². The molecule has 2 aromatic rings. The minimum absolute atomic E-state index is 0.361. The van der Waals surface area contributed by atoms with Crippen LogP contribution in [0.15, 0.2) is 42.5 Å². The Kier molecular flexibility index (Phi) is 3.19. The lowest BCUT2D eigenvalue weighted by molar-refractivity contribution is -0.126. The minimum atomic E-state index is -0.749. The zero-order chi connectivity index (χ0) is 12.3. The molecule has 1 atom stereocenters. The molecule has 0 saturated carbocycles. The zero-order valence-corrected chi connectivity index (χ0v) is 9.30. The van der Waals surface area contributed by atoms with Gasteiger partial charge in [-0.3, -0.25) is 4.79 Å². The van der Waals surface area contributed by atoms with E-state index in [1.165, 1.54) is 0 Å². The Bertz CT molecular complexity index is 558. The second-order valence-corrected chi connectivity index (χ2v) is 3.99. The van der Waals surface area contributed by atoms with E-state index in [1.807, 2.05) is 42.5 Å². The first-order chi connectivity index (χ1) is 8.22. The molecule has 1 amide bonds. The number of hydrogen-bond donors (Lipinski definition) is 1. The maximum Gasteiger partial charge on any atom is 0.228 e. The maximum absolute atomic E-state index is 11.1. The fourth-order valence-corrected chi connectivity index (χ4v) is 1.92. The summed E-state index contributed by atoms with van der Waals surface area (Å²) in [5, 5.41) is 2.15. The van der Waals surface area contributed by atoms with Crippen molar-refractivity contribution in [3.05, 3.63) is 48.0 Å². The fraction of sp³-hybridized carbons (Fsp3) is 0.143. The molecule has 86 valence electrons. The van der Waals surface area contributed by atoms with Gasteiger partial charge in [0.15, 0.2) is 0 Å². The van der Waals surface area contributed by atoms with E-state index in [0.717, 1.165) is 16.3 Å². The van der Waals surface area contributed by atoms with Crippen molar-refractivity contribution in [2.75, 3.05) is 0 Å². The van der Waals surface area contributed by atoms with Crippen molar-refractivity contribution in [2.45, 2.75) is 6.42 Å². The summed E-state index contributed by atoms with van der Waals surface area (Å²) in [6, 6.07) is 13.7. The highest BCUT2D eigenvalue weighted by Gasteiger charge is 2.15. The molecule has 0 aliphatic carbocycles. The normalized spacial score (nSPS) is 12.2. The number of carbonyl (C=O) groups excluding carboxylic acids is 2. The van der Waals surface area contributed by atoms with Gasteiger partial charge in [0.05, 0.1) is 5.92 Å². The van der Waals surface area contributed by atoms with E-state index >= 15 is 0 Å². The predicted octanol–water partition coefficient (Wildman–Crippen LogP) is 1.68. The molecule has 0 aromatic heterocycles. The van der Waals surface area contributed by atoms with Crippen LogP contribution in [-0.2, 0) is 16.0 Å². The Labute approximate surface area is 99.2 Å². The summed E-state index contributed by atoms with van der Waals surface area (Å²) < 4.78 is 0. The zero-order valence-electron chi connectivity index (χ0n) is 9.30. The molecule has 0 heterocycles. The third-order valence-electron chi connectivity index (χ3n) is 2.85. The summed E-state index contributed by atoms with van der Waals surface area (Å²) in [5.74, 6) is -1.33.